The van der Waals surface area contributed by atoms with Crippen molar-refractivity contribution < 1.29 is 37.7 Å². The number of hydrogen-bond acceptors (Lipinski definition) is 0. The van der Waals surface area contributed by atoms with Gasteiger partial charge in [-0.15, -0.1) is 77.6 Å². The first-order valence-electron chi connectivity index (χ1n) is 37.0. The Bertz CT molecular complexity index is 4810. The Kier molecular flexibility index (Phi) is 28.9. The summed E-state index contributed by atoms with van der Waals surface area (Å²) < 4.78 is 3.44. The average Bonchev–Trinajstić information content (AvgIpc) is 1.65. The first-order valence-corrected chi connectivity index (χ1v) is 51.5. The number of rotatable bonds is 6. The minimum Gasteiger partial charge on any atom is -0.184 e. The van der Waals surface area contributed by atoms with Gasteiger partial charge in [0, 0.05) is 24.2 Å². The molecule has 0 aromatic heterocycles. The maximum Gasteiger partial charge on any atom is 1.00 e. The van der Waals surface area contributed by atoms with Gasteiger partial charge in [0.15, 0.2) is 8.07 Å². The van der Waals surface area contributed by atoms with Crippen molar-refractivity contribution >= 4 is 166 Å². The molecule has 1 atom stereocenters. The second-order valence-electron chi connectivity index (χ2n) is 35.9. The quantitative estimate of drug-likeness (QED) is 0.0674. The summed E-state index contributed by atoms with van der Waals surface area (Å²) in [7, 11) is -2.78. The van der Waals surface area contributed by atoms with E-state index in [1.807, 2.05) is 18.2 Å². The van der Waals surface area contributed by atoms with E-state index in [1.54, 1.807) is 0 Å². The molecule has 10 aromatic carbocycles. The predicted octanol–water partition coefficient (Wildman–Crippen LogP) is 21.7. The van der Waals surface area contributed by atoms with Gasteiger partial charge in [0.2, 0.25) is 0 Å². The smallest absolute Gasteiger partial charge is 0.184 e. The Morgan fingerprint density at radius 2 is 0.633 bits per heavy atom. The summed E-state index contributed by atoms with van der Waals surface area (Å²) in [5, 5.41) is 3.83. The van der Waals surface area contributed by atoms with Crippen LogP contribution in [0.3, 0.4) is 0 Å². The van der Waals surface area contributed by atoms with Gasteiger partial charge in [-0.25, -0.2) is 0 Å². The van der Waals surface area contributed by atoms with E-state index in [-0.39, 0.29) is 81.0 Å². The van der Waals surface area contributed by atoms with Crippen LogP contribution in [0, 0.1) is 12.1 Å². The summed E-state index contributed by atoms with van der Waals surface area (Å²) >= 11 is 44.7. The largest absolute Gasteiger partial charge is 1.00 e. The van der Waals surface area contributed by atoms with Crippen molar-refractivity contribution in [2.45, 2.75) is 201 Å². The molecule has 1 unspecified atom stereocenters. The molecule has 0 fully saturated rings. The number of halogens is 9. The van der Waals surface area contributed by atoms with Crippen LogP contribution < -0.4 is 63.7 Å². The average molecular weight is 1800 g/mol. The van der Waals surface area contributed by atoms with Gasteiger partial charge in [0.1, 0.15) is 0 Å². The van der Waals surface area contributed by atoms with Gasteiger partial charge in [-0.3, -0.25) is 0 Å². The van der Waals surface area contributed by atoms with E-state index in [2.05, 4.69) is 412 Å². The van der Waals surface area contributed by atoms with Crippen molar-refractivity contribution in [2.24, 2.45) is 0 Å². The molecule has 0 heterocycles. The van der Waals surface area contributed by atoms with Crippen LogP contribution in [0.2, 0.25) is 5.54 Å². The van der Waals surface area contributed by atoms with Crippen molar-refractivity contribution in [3.05, 3.63) is 317 Å². The third-order valence-electron chi connectivity index (χ3n) is 22.2. The van der Waals surface area contributed by atoms with E-state index >= 15 is 0 Å². The molecule has 0 aliphatic heterocycles. The van der Waals surface area contributed by atoms with Crippen LogP contribution in [0.25, 0.3) is 27.8 Å². The monoisotopic (exact) mass is 1790 g/mol. The minimum atomic E-state index is -2.78. The molecular formula is C95H103Br3Cl6Li2Si3. The zero-order chi connectivity index (χ0) is 78.8. The van der Waals surface area contributed by atoms with Gasteiger partial charge in [0.05, 0.1) is 0 Å². The van der Waals surface area contributed by atoms with Crippen LogP contribution in [0.4, 0.5) is 0 Å². The fourth-order valence-corrected chi connectivity index (χ4v) is 25.2. The summed E-state index contributed by atoms with van der Waals surface area (Å²) in [5.74, 6) is 0. The molecule has 0 nitrogen and oxygen atoms in total. The first kappa shape index (κ1) is 91.2. The van der Waals surface area contributed by atoms with Crippen LogP contribution in [-0.4, -0.2) is 20.1 Å². The molecule has 0 bridgehead atoms. The normalized spacial score (nSPS) is 15.7. The number of allylic oxidation sites excluding steroid dienone is 4. The minimum absolute atomic E-state index is 0. The van der Waals surface area contributed by atoms with Crippen LogP contribution in [-0.2, 0) is 43.3 Å². The Morgan fingerprint density at radius 1 is 0.339 bits per heavy atom. The van der Waals surface area contributed by atoms with Crippen LogP contribution >= 0.6 is 114 Å². The molecule has 109 heavy (non-hydrogen) atoms. The van der Waals surface area contributed by atoms with Gasteiger partial charge >= 0.3 is 49.7 Å². The van der Waals surface area contributed by atoms with Gasteiger partial charge < -0.3 is 0 Å². The van der Waals surface area contributed by atoms with Gasteiger partial charge in [-0.2, -0.15) is 60.2 Å². The Labute approximate surface area is 735 Å². The van der Waals surface area contributed by atoms with E-state index in [1.165, 1.54) is 110 Å². The van der Waals surface area contributed by atoms with Crippen molar-refractivity contribution in [3.63, 3.8) is 0 Å². The fraction of sp³-hybridized carbons (Fsp3) is 0.326. The molecule has 0 radical (unpaired) electrons. The molecule has 0 saturated heterocycles. The molecule has 0 N–H and O–H groups in total. The third-order valence-corrected chi connectivity index (χ3v) is 33.6. The zero-order valence-electron chi connectivity index (χ0n) is 68.0. The molecule has 0 amide bonds. The second-order valence-corrected chi connectivity index (χ2v) is 60.1. The van der Waals surface area contributed by atoms with Crippen LogP contribution in [0.15, 0.2) is 243 Å². The summed E-state index contributed by atoms with van der Waals surface area (Å²) in [6, 6.07) is 85.2. The van der Waals surface area contributed by atoms with Gasteiger partial charge in [0.25, 0.3) is 0 Å². The molecule has 14 heteroatoms. The number of fused-ring (bicyclic) bond motifs is 9. The van der Waals surface area contributed by atoms with Gasteiger partial charge in [-0.1, -0.05) is 339 Å². The van der Waals surface area contributed by atoms with E-state index in [9.17, 15) is 0 Å². The molecule has 4 aliphatic rings. The third kappa shape index (κ3) is 20.0. The van der Waals surface area contributed by atoms with Crippen LogP contribution in [0.5, 0.6) is 0 Å². The molecule has 10 aromatic rings. The SMILES string of the molecule is CC(C)(C)c1cc[c-]cc1.CC(C)(C)c1ccc([Si](Cl)(Cl)c2ccc(C(C)(C)C)cc2)cc1.CC(C)(C)c1ccc([Si](c2ccc(C(C)(C)C)cc2)(c2ccc3c(c2)C(C)(C)c2cc(Br)ccc2-3)C2C=C3C(=CC2)c2ccc(Br)cc2C3(C)C)cc1.CC1(C)c2c[c-]ccc2-c2ccc(Br)cc21.Cl[Si](Cl)(Cl)Cl.[Li+].[Li+]. The zero-order valence-corrected chi connectivity index (χ0v) is 80.3. The molecule has 14 rings (SSSR count). The van der Waals surface area contributed by atoms with Crippen molar-refractivity contribution in [2.75, 3.05) is 0 Å². The number of hydrogen-bond donors (Lipinski definition) is 0. The van der Waals surface area contributed by atoms with Crippen molar-refractivity contribution in [3.8, 4) is 22.3 Å². The summed E-state index contributed by atoms with van der Waals surface area (Å²) in [6.07, 6.45) is 6.35. The summed E-state index contributed by atoms with van der Waals surface area (Å²) in [6.45, 7) is 45.4. The maximum atomic E-state index is 6.82. The summed E-state index contributed by atoms with van der Waals surface area (Å²) in [5.41, 5.74) is 24.4. The number of benzene rings is 10. The van der Waals surface area contributed by atoms with Crippen LogP contribution in [0.1, 0.15) is 213 Å². The Balaban J connectivity index is 0.000000217. The van der Waals surface area contributed by atoms with E-state index < -0.39 is 20.1 Å². The molecule has 0 spiro atoms. The Hall–Kier alpha value is -3.29. The molecule has 0 saturated carbocycles. The Morgan fingerprint density at radius 3 is 1.00 bits per heavy atom. The molecular weight excluding hydrogens is 1690 g/mol. The fourth-order valence-electron chi connectivity index (χ4n) is 15.8. The second kappa shape index (κ2) is 34.5. The van der Waals surface area contributed by atoms with E-state index in [4.69, 9.17) is 66.5 Å². The topological polar surface area (TPSA) is 0 Å². The standard InChI is InChI=1S/C50H52Br2Si.C20H26Cl2Si.C15H12Br.C10H13.Cl4Si.2Li/c1-47(2,3)31-11-17-35(18-12-31)53(36-19-13-32(14-20-36)48(4,5)6,37-21-25-41-39-23-15-33(51)27-43(39)49(7,8)45(41)29-37)38-22-26-42-40-24-16-34(52)28-44(40)50(9,10)46(42)30-38;1-19(2,3)15-7-11-17(12-8-15)23(21,22)18-13-9-16(10-14-18)20(4,5)6;1-15(2)13-6-4-3-5-11(13)12-8-7-10(16)9-14(12)15;1-10(2,3)9-7-5-4-6-8-9;1-5(2,3)4;;/h11-21,23-30,38H,22H2,1-10H3;7-14H,1-6H3;3,5-9H,1-2H3;5-8H,1-3H3;;;/q;;2*-1;;2*+1. The van der Waals surface area contributed by atoms with E-state index in [0.717, 1.165) is 30.2 Å². The molecule has 560 valence electrons. The first-order chi connectivity index (χ1) is 49.5. The van der Waals surface area contributed by atoms with Crippen molar-refractivity contribution in [1.82, 2.24) is 0 Å². The van der Waals surface area contributed by atoms with E-state index in [0.29, 0.717) is 5.54 Å². The van der Waals surface area contributed by atoms with Crippen molar-refractivity contribution in [1.29, 1.82) is 0 Å². The summed E-state index contributed by atoms with van der Waals surface area (Å²) in [4.78, 5) is 0. The van der Waals surface area contributed by atoms with Gasteiger partial charge in [-0.05, 0) is 185 Å². The maximum absolute atomic E-state index is 6.82. The predicted molar refractivity (Wildman–Crippen MR) is 489 cm³/mol. The molecule has 4 aliphatic carbocycles.